The van der Waals surface area contributed by atoms with Gasteiger partial charge in [0.25, 0.3) is 0 Å². The van der Waals surface area contributed by atoms with Crippen LogP contribution in [0, 0.1) is 5.92 Å². The second-order valence-electron chi connectivity index (χ2n) is 4.95. The zero-order valence-electron chi connectivity index (χ0n) is 10.6. The number of nitrogens with one attached hydrogen (secondary N) is 1. The minimum Gasteiger partial charge on any atom is -0.497 e. The highest BCUT2D eigenvalue weighted by atomic mass is 16.5. The van der Waals surface area contributed by atoms with Gasteiger partial charge in [0.15, 0.2) is 5.82 Å². The van der Waals surface area contributed by atoms with E-state index in [0.29, 0.717) is 17.7 Å². The summed E-state index contributed by atoms with van der Waals surface area (Å²) in [7, 11) is 1.67. The minimum atomic E-state index is 0.566. The van der Waals surface area contributed by atoms with Crippen molar-refractivity contribution < 1.29 is 4.74 Å². The SMILES string of the molecule is COc1cccc(-c2c(N)n[nH]c2C2CC2C)c1. The maximum absolute atomic E-state index is 5.99. The molecule has 3 N–H and O–H groups in total. The van der Waals surface area contributed by atoms with Crippen LogP contribution in [0.4, 0.5) is 5.82 Å². The van der Waals surface area contributed by atoms with Gasteiger partial charge in [0.2, 0.25) is 0 Å². The van der Waals surface area contributed by atoms with E-state index in [1.54, 1.807) is 7.11 Å². The zero-order valence-corrected chi connectivity index (χ0v) is 10.6. The van der Waals surface area contributed by atoms with Crippen LogP contribution in [0.2, 0.25) is 0 Å². The molecule has 3 rings (SSSR count). The summed E-state index contributed by atoms with van der Waals surface area (Å²) >= 11 is 0. The molecule has 18 heavy (non-hydrogen) atoms. The number of hydrogen-bond donors (Lipinski definition) is 2. The molecule has 4 nitrogen and oxygen atoms in total. The molecular weight excluding hydrogens is 226 g/mol. The third-order valence-electron chi connectivity index (χ3n) is 3.66. The molecule has 0 amide bonds. The van der Waals surface area contributed by atoms with E-state index in [4.69, 9.17) is 10.5 Å². The lowest BCUT2D eigenvalue weighted by atomic mass is 10.0. The molecule has 2 unspecified atom stereocenters. The molecule has 2 atom stereocenters. The fourth-order valence-corrected chi connectivity index (χ4v) is 2.44. The molecule has 94 valence electrons. The van der Waals surface area contributed by atoms with Gasteiger partial charge in [-0.25, -0.2) is 0 Å². The van der Waals surface area contributed by atoms with E-state index >= 15 is 0 Å². The number of nitrogen functional groups attached to an aromatic ring is 1. The number of methoxy groups -OCH3 is 1. The molecule has 1 fully saturated rings. The van der Waals surface area contributed by atoms with Gasteiger partial charge < -0.3 is 10.5 Å². The molecule has 0 aliphatic heterocycles. The van der Waals surface area contributed by atoms with Crippen molar-refractivity contribution in [2.45, 2.75) is 19.3 Å². The first kappa shape index (κ1) is 11.1. The number of H-pyrrole nitrogens is 1. The molecule has 0 saturated heterocycles. The Labute approximate surface area is 106 Å². The Hall–Kier alpha value is -1.97. The maximum Gasteiger partial charge on any atom is 0.153 e. The van der Waals surface area contributed by atoms with Gasteiger partial charge in [-0.1, -0.05) is 19.1 Å². The molecule has 0 spiro atoms. The van der Waals surface area contributed by atoms with Crippen molar-refractivity contribution in [3.63, 3.8) is 0 Å². The molecule has 1 aromatic carbocycles. The van der Waals surface area contributed by atoms with E-state index in [1.807, 2.05) is 24.3 Å². The van der Waals surface area contributed by atoms with Gasteiger partial charge in [0, 0.05) is 17.2 Å². The van der Waals surface area contributed by atoms with E-state index in [2.05, 4.69) is 17.1 Å². The van der Waals surface area contributed by atoms with Crippen molar-refractivity contribution in [1.29, 1.82) is 0 Å². The molecule has 0 radical (unpaired) electrons. The Morgan fingerprint density at radius 1 is 1.44 bits per heavy atom. The molecule has 1 aliphatic rings. The van der Waals surface area contributed by atoms with Gasteiger partial charge in [0.1, 0.15) is 5.75 Å². The second-order valence-corrected chi connectivity index (χ2v) is 4.95. The first-order valence-electron chi connectivity index (χ1n) is 6.19. The number of aromatic amines is 1. The topological polar surface area (TPSA) is 63.9 Å². The van der Waals surface area contributed by atoms with Crippen LogP contribution >= 0.6 is 0 Å². The van der Waals surface area contributed by atoms with Crippen molar-refractivity contribution in [2.24, 2.45) is 5.92 Å². The van der Waals surface area contributed by atoms with Crippen molar-refractivity contribution in [1.82, 2.24) is 10.2 Å². The first-order valence-corrected chi connectivity index (χ1v) is 6.19. The molecule has 2 aromatic rings. The van der Waals surface area contributed by atoms with Crippen molar-refractivity contribution in [3.05, 3.63) is 30.0 Å². The van der Waals surface area contributed by atoms with Crippen LogP contribution in [-0.4, -0.2) is 17.3 Å². The third kappa shape index (κ3) is 1.74. The largest absolute Gasteiger partial charge is 0.497 e. The lowest BCUT2D eigenvalue weighted by molar-refractivity contribution is 0.415. The number of rotatable bonds is 3. The summed E-state index contributed by atoms with van der Waals surface area (Å²) in [6, 6.07) is 7.94. The number of nitrogens with two attached hydrogens (primary N) is 1. The zero-order chi connectivity index (χ0) is 12.7. The predicted molar refractivity (Wildman–Crippen MR) is 71.5 cm³/mol. The molecule has 1 heterocycles. The highest BCUT2D eigenvalue weighted by Gasteiger charge is 2.38. The Balaban J connectivity index is 2.07. The van der Waals surface area contributed by atoms with Crippen molar-refractivity contribution >= 4 is 5.82 Å². The fraction of sp³-hybridized carbons (Fsp3) is 0.357. The van der Waals surface area contributed by atoms with E-state index in [0.717, 1.165) is 22.6 Å². The fourth-order valence-electron chi connectivity index (χ4n) is 2.44. The molecular formula is C14H17N3O. The lowest BCUT2D eigenvalue weighted by Gasteiger charge is -2.06. The van der Waals surface area contributed by atoms with E-state index in [1.165, 1.54) is 6.42 Å². The number of hydrogen-bond acceptors (Lipinski definition) is 3. The van der Waals surface area contributed by atoms with Gasteiger partial charge in [-0.05, 0) is 30.0 Å². The standard InChI is InChI=1S/C14H17N3O/c1-8-6-11(8)13-12(14(15)17-16-13)9-4-3-5-10(7-9)18-2/h3-5,7-8,11H,6H2,1-2H3,(H3,15,16,17). The maximum atomic E-state index is 5.99. The van der Waals surface area contributed by atoms with Crippen molar-refractivity contribution in [3.8, 4) is 16.9 Å². The molecule has 0 bridgehead atoms. The Morgan fingerprint density at radius 2 is 2.22 bits per heavy atom. The number of nitrogens with zero attached hydrogens (tertiary/aromatic N) is 1. The van der Waals surface area contributed by atoms with Crippen molar-refractivity contribution in [2.75, 3.05) is 12.8 Å². The highest BCUT2D eigenvalue weighted by molar-refractivity contribution is 5.78. The van der Waals surface area contributed by atoms with Crippen LogP contribution in [0.1, 0.15) is 25.0 Å². The van der Waals surface area contributed by atoms with Gasteiger partial charge in [-0.3, -0.25) is 5.10 Å². The summed E-state index contributed by atoms with van der Waals surface area (Å²) in [6.45, 7) is 2.25. The summed E-state index contributed by atoms with van der Waals surface area (Å²) in [5.74, 6) is 2.69. The number of aromatic nitrogens is 2. The Bertz CT molecular complexity index is 576. The summed E-state index contributed by atoms with van der Waals surface area (Å²) < 4.78 is 5.26. The van der Waals surface area contributed by atoms with Crippen LogP contribution in [0.25, 0.3) is 11.1 Å². The van der Waals surface area contributed by atoms with Gasteiger partial charge in [-0.15, -0.1) is 0 Å². The summed E-state index contributed by atoms with van der Waals surface area (Å²) in [4.78, 5) is 0. The van der Waals surface area contributed by atoms with Gasteiger partial charge in [-0.2, -0.15) is 5.10 Å². The second kappa shape index (κ2) is 4.05. The van der Waals surface area contributed by atoms with Crippen LogP contribution in [0.5, 0.6) is 5.75 Å². The third-order valence-corrected chi connectivity index (χ3v) is 3.66. The first-order chi connectivity index (χ1) is 8.70. The lowest BCUT2D eigenvalue weighted by Crippen LogP contribution is -1.91. The predicted octanol–water partition coefficient (Wildman–Crippen LogP) is 2.79. The molecule has 1 saturated carbocycles. The molecule has 1 aromatic heterocycles. The Kier molecular flexibility index (Phi) is 2.51. The average molecular weight is 243 g/mol. The molecule has 4 heteroatoms. The summed E-state index contributed by atoms with van der Waals surface area (Å²) in [5, 5.41) is 7.24. The van der Waals surface area contributed by atoms with Gasteiger partial charge >= 0.3 is 0 Å². The number of ether oxygens (including phenoxy) is 1. The number of anilines is 1. The minimum absolute atomic E-state index is 0.566. The number of benzene rings is 1. The quantitative estimate of drug-likeness (QED) is 0.871. The molecule has 1 aliphatic carbocycles. The van der Waals surface area contributed by atoms with Crippen LogP contribution in [0.15, 0.2) is 24.3 Å². The van der Waals surface area contributed by atoms with E-state index in [9.17, 15) is 0 Å². The Morgan fingerprint density at radius 3 is 2.89 bits per heavy atom. The highest BCUT2D eigenvalue weighted by Crippen LogP contribution is 2.50. The van der Waals surface area contributed by atoms with Crippen LogP contribution in [0.3, 0.4) is 0 Å². The smallest absolute Gasteiger partial charge is 0.153 e. The van der Waals surface area contributed by atoms with E-state index in [-0.39, 0.29) is 0 Å². The normalized spacial score (nSPS) is 21.9. The monoisotopic (exact) mass is 243 g/mol. The van der Waals surface area contributed by atoms with Gasteiger partial charge in [0.05, 0.1) is 7.11 Å². The van der Waals surface area contributed by atoms with E-state index < -0.39 is 0 Å². The van der Waals surface area contributed by atoms with Crippen LogP contribution < -0.4 is 10.5 Å². The van der Waals surface area contributed by atoms with Crippen LogP contribution in [-0.2, 0) is 0 Å². The summed E-state index contributed by atoms with van der Waals surface area (Å²) in [5.41, 5.74) is 9.25. The average Bonchev–Trinajstić information content (AvgIpc) is 2.98. The summed E-state index contributed by atoms with van der Waals surface area (Å²) in [6.07, 6.45) is 1.21.